The predicted octanol–water partition coefficient (Wildman–Crippen LogP) is 12.0. The number of benzene rings is 8. The lowest BCUT2D eigenvalue weighted by Gasteiger charge is -2.53. The van der Waals surface area contributed by atoms with Crippen LogP contribution in [0.4, 0.5) is 22.7 Å². The van der Waals surface area contributed by atoms with Gasteiger partial charge in [-0.3, -0.25) is 19.4 Å². The summed E-state index contributed by atoms with van der Waals surface area (Å²) in [5.41, 5.74) is 9.54. The molecule has 256 valence electrons. The molecule has 0 atom stereocenters. The molecule has 4 nitrogen and oxygen atoms in total. The molecule has 8 aromatic rings. The Labute approximate surface area is 313 Å². The van der Waals surface area contributed by atoms with E-state index in [0.717, 1.165) is 66.5 Å². The Morgan fingerprint density at radius 2 is 0.593 bits per heavy atom. The van der Waals surface area contributed by atoms with Gasteiger partial charge in [0.1, 0.15) is 0 Å². The van der Waals surface area contributed by atoms with Gasteiger partial charge in [0.05, 0.1) is 22.7 Å². The van der Waals surface area contributed by atoms with Crippen molar-refractivity contribution in [2.24, 2.45) is 0 Å². The highest BCUT2D eigenvalue weighted by Gasteiger charge is 2.58. The Balaban J connectivity index is 1.11. The number of carbonyl (C=O) groups is 2. The second-order valence-electron chi connectivity index (χ2n) is 14.7. The van der Waals surface area contributed by atoms with Crippen molar-refractivity contribution in [2.75, 3.05) is 9.80 Å². The van der Waals surface area contributed by atoms with E-state index in [1.54, 1.807) is 0 Å². The second kappa shape index (κ2) is 11.9. The Morgan fingerprint density at radius 1 is 0.315 bits per heavy atom. The van der Waals surface area contributed by atoms with Crippen LogP contribution >= 0.6 is 0 Å². The largest absolute Gasteiger partial charge is 0.276 e. The van der Waals surface area contributed by atoms with Crippen LogP contribution in [0.1, 0.15) is 66.6 Å². The summed E-state index contributed by atoms with van der Waals surface area (Å²) in [4.78, 5) is 33.8. The molecule has 0 spiro atoms. The Hall–Kier alpha value is -6.78. The van der Waals surface area contributed by atoms with Crippen LogP contribution in [0.5, 0.6) is 0 Å². The molecule has 4 heteroatoms. The zero-order chi connectivity index (χ0) is 35.9. The number of amides is 2. The van der Waals surface area contributed by atoms with E-state index in [1.165, 1.54) is 0 Å². The molecular formula is C50H34N2O2. The third-order valence-electron chi connectivity index (χ3n) is 12.1. The van der Waals surface area contributed by atoms with E-state index in [2.05, 4.69) is 97.1 Å². The zero-order valence-corrected chi connectivity index (χ0v) is 29.3. The minimum Gasteiger partial charge on any atom is -0.276 e. The van der Waals surface area contributed by atoms with Crippen molar-refractivity contribution < 1.29 is 9.59 Å². The molecule has 0 unspecified atom stereocenters. The summed E-state index contributed by atoms with van der Waals surface area (Å²) in [5.74, 6) is 0.155. The van der Waals surface area contributed by atoms with Crippen molar-refractivity contribution in [3.8, 4) is 0 Å². The molecule has 11 rings (SSSR count). The highest BCUT2D eigenvalue weighted by Crippen LogP contribution is 2.72. The lowest BCUT2D eigenvalue weighted by Crippen LogP contribution is -2.39. The fraction of sp³-hybridized carbons (Fsp3) is 0.0800. The first-order valence-electron chi connectivity index (χ1n) is 18.7. The van der Waals surface area contributed by atoms with Gasteiger partial charge in [0, 0.05) is 34.8 Å². The molecule has 2 heterocycles. The highest BCUT2D eigenvalue weighted by atomic mass is 16.2. The van der Waals surface area contributed by atoms with Crippen molar-refractivity contribution in [2.45, 2.75) is 23.7 Å². The molecule has 1 aliphatic carbocycles. The molecule has 0 aromatic heterocycles. The van der Waals surface area contributed by atoms with Gasteiger partial charge in [-0.1, -0.05) is 133 Å². The number of nitrogens with zero attached hydrogens (tertiary/aromatic N) is 2. The Kier molecular flexibility index (Phi) is 6.77. The van der Waals surface area contributed by atoms with Crippen LogP contribution in [0.25, 0.3) is 21.5 Å². The topological polar surface area (TPSA) is 40.6 Å². The van der Waals surface area contributed by atoms with Gasteiger partial charge in [0.25, 0.3) is 11.8 Å². The number of rotatable bonds is 2. The van der Waals surface area contributed by atoms with Crippen LogP contribution in [-0.2, 0) is 0 Å². The standard InChI is InChI=1S/C50H34N2O2/c53-49(35-27-25-31-13-1-3-15-33(31)29-35)51-41-21-9-5-17-37(41)45-46(38-18-6-10-22-42(38)51)48-40-20-8-12-24-44(40)52(43-23-11-7-19-39(43)47(45)48)50(54)36-28-26-32-14-2-4-16-34(32)30-36/h1-30,45-48H. The maximum atomic E-state index is 14.9. The van der Waals surface area contributed by atoms with Crippen LogP contribution in [0, 0.1) is 0 Å². The molecule has 2 aliphatic heterocycles. The molecule has 0 radical (unpaired) electrons. The van der Waals surface area contributed by atoms with Crippen molar-refractivity contribution in [3.05, 3.63) is 215 Å². The average Bonchev–Trinajstić information content (AvgIpc) is 3.39. The SMILES string of the molecule is O=C(c1ccc2ccccc2c1)N1c2ccccc2C2C(c3ccccc31)C1c3ccccc3N(C(=O)c3ccc4ccccc4c3)c3ccccc3C21. The first kappa shape index (κ1) is 30.8. The Morgan fingerprint density at radius 3 is 0.926 bits per heavy atom. The summed E-state index contributed by atoms with van der Waals surface area (Å²) in [6, 6.07) is 62.2. The number of hydrogen-bond acceptors (Lipinski definition) is 2. The van der Waals surface area contributed by atoms with E-state index < -0.39 is 0 Å². The smallest absolute Gasteiger partial charge is 0.262 e. The number of para-hydroxylation sites is 4. The molecule has 0 saturated heterocycles. The highest BCUT2D eigenvalue weighted by molar-refractivity contribution is 6.15. The van der Waals surface area contributed by atoms with E-state index in [4.69, 9.17) is 0 Å². The number of anilines is 4. The monoisotopic (exact) mass is 694 g/mol. The van der Waals surface area contributed by atoms with Gasteiger partial charge in [0.15, 0.2) is 0 Å². The second-order valence-corrected chi connectivity index (χ2v) is 14.7. The number of carbonyl (C=O) groups excluding carboxylic acids is 2. The fourth-order valence-electron chi connectivity index (χ4n) is 9.79. The number of hydrogen-bond donors (Lipinski definition) is 0. The third-order valence-corrected chi connectivity index (χ3v) is 12.1. The average molecular weight is 695 g/mol. The first-order chi connectivity index (χ1) is 26.7. The molecule has 3 aliphatic rings. The molecule has 2 amide bonds. The van der Waals surface area contributed by atoms with Crippen molar-refractivity contribution >= 4 is 56.1 Å². The van der Waals surface area contributed by atoms with Crippen molar-refractivity contribution in [1.82, 2.24) is 0 Å². The summed E-state index contributed by atoms with van der Waals surface area (Å²) in [6.07, 6.45) is 0. The lowest BCUT2D eigenvalue weighted by molar-refractivity contribution is 0.0991. The van der Waals surface area contributed by atoms with Crippen LogP contribution in [0.15, 0.2) is 182 Å². The van der Waals surface area contributed by atoms with Gasteiger partial charge in [0.2, 0.25) is 0 Å². The summed E-state index contributed by atoms with van der Waals surface area (Å²) >= 11 is 0. The van der Waals surface area contributed by atoms with Crippen molar-refractivity contribution in [1.29, 1.82) is 0 Å². The molecule has 0 N–H and O–H groups in total. The van der Waals surface area contributed by atoms with E-state index >= 15 is 0 Å². The van der Waals surface area contributed by atoms with Crippen LogP contribution in [-0.4, -0.2) is 11.8 Å². The van der Waals surface area contributed by atoms with Gasteiger partial charge in [-0.15, -0.1) is 0 Å². The van der Waals surface area contributed by atoms with Gasteiger partial charge in [-0.2, -0.15) is 0 Å². The predicted molar refractivity (Wildman–Crippen MR) is 218 cm³/mol. The molecule has 1 saturated carbocycles. The third kappa shape index (κ3) is 4.43. The molecule has 1 fully saturated rings. The minimum absolute atomic E-state index is 0.0462. The van der Waals surface area contributed by atoms with Gasteiger partial charge in [-0.25, -0.2) is 0 Å². The van der Waals surface area contributed by atoms with E-state index in [-0.39, 0.29) is 35.5 Å². The summed E-state index contributed by atoms with van der Waals surface area (Å²) in [7, 11) is 0. The maximum absolute atomic E-state index is 14.9. The zero-order valence-electron chi connectivity index (χ0n) is 29.3. The molecule has 0 bridgehead atoms. The van der Waals surface area contributed by atoms with Crippen LogP contribution < -0.4 is 9.80 Å². The molecule has 54 heavy (non-hydrogen) atoms. The quantitative estimate of drug-likeness (QED) is 0.181. The van der Waals surface area contributed by atoms with Crippen molar-refractivity contribution in [3.63, 3.8) is 0 Å². The van der Waals surface area contributed by atoms with Gasteiger partial charge in [-0.05, 0) is 92.3 Å². The Bertz CT molecular complexity index is 2530. The molecule has 8 aromatic carbocycles. The lowest BCUT2D eigenvalue weighted by atomic mass is 9.49. The molecular weight excluding hydrogens is 661 g/mol. The van der Waals surface area contributed by atoms with E-state index in [0.29, 0.717) is 11.1 Å². The summed E-state index contributed by atoms with van der Waals surface area (Å²) in [5, 5.41) is 4.29. The van der Waals surface area contributed by atoms with E-state index in [1.807, 2.05) is 94.7 Å². The van der Waals surface area contributed by atoms with E-state index in [9.17, 15) is 9.59 Å². The van der Waals surface area contributed by atoms with Gasteiger partial charge < -0.3 is 0 Å². The van der Waals surface area contributed by atoms with Crippen LogP contribution in [0.3, 0.4) is 0 Å². The minimum atomic E-state index is -0.0462. The summed E-state index contributed by atoms with van der Waals surface area (Å²) < 4.78 is 0. The summed E-state index contributed by atoms with van der Waals surface area (Å²) in [6.45, 7) is 0. The number of fused-ring (bicyclic) bond motifs is 14. The van der Waals surface area contributed by atoms with Crippen LogP contribution in [0.2, 0.25) is 0 Å². The van der Waals surface area contributed by atoms with Gasteiger partial charge >= 0.3 is 0 Å². The first-order valence-corrected chi connectivity index (χ1v) is 18.7. The fourth-order valence-corrected chi connectivity index (χ4v) is 9.79. The normalized spacial score (nSPS) is 19.2. The maximum Gasteiger partial charge on any atom is 0.262 e.